The quantitative estimate of drug-likeness (QED) is 0.528. The Morgan fingerprint density at radius 3 is 2.58 bits per heavy atom. The molecule has 0 saturated carbocycles. The Balaban J connectivity index is 1.72. The van der Waals surface area contributed by atoms with Crippen molar-refractivity contribution in [1.82, 2.24) is 20.2 Å². The Labute approximate surface area is 179 Å². The van der Waals surface area contributed by atoms with Gasteiger partial charge in [0.1, 0.15) is 11.2 Å². The molecule has 7 nitrogen and oxygen atoms in total. The number of nitrogens with one attached hydrogen (secondary N) is 2. The van der Waals surface area contributed by atoms with E-state index < -0.39 is 5.54 Å². The van der Waals surface area contributed by atoms with E-state index >= 15 is 0 Å². The zero-order valence-corrected chi connectivity index (χ0v) is 19.3. The van der Waals surface area contributed by atoms with E-state index in [1.165, 1.54) is 4.90 Å². The molecule has 1 fully saturated rings. The van der Waals surface area contributed by atoms with Gasteiger partial charge >= 0.3 is 6.03 Å². The van der Waals surface area contributed by atoms with Gasteiger partial charge < -0.3 is 10.2 Å². The minimum Gasteiger partial charge on any atom is -0.352 e. The molecule has 3 heterocycles. The van der Waals surface area contributed by atoms with Gasteiger partial charge in [-0.25, -0.2) is 14.8 Å². The van der Waals surface area contributed by atoms with Crippen molar-refractivity contribution in [2.45, 2.75) is 19.4 Å². The van der Waals surface area contributed by atoms with Crippen molar-refractivity contribution in [3.63, 3.8) is 0 Å². The van der Waals surface area contributed by atoms with Gasteiger partial charge in [0.25, 0.3) is 5.91 Å². The molecule has 2 aromatic heterocycles. The van der Waals surface area contributed by atoms with Crippen LogP contribution in [0.25, 0.3) is 10.6 Å². The van der Waals surface area contributed by atoms with Crippen LogP contribution >= 0.6 is 59.1 Å². The Hall–Kier alpha value is -1.04. The maximum Gasteiger partial charge on any atom is 0.325 e. The normalized spacial score (nSPS) is 16.1. The van der Waals surface area contributed by atoms with Crippen LogP contribution < -0.4 is 10.6 Å². The number of halogens is 3. The Kier molecular flexibility index (Phi) is 5.71. The smallest absolute Gasteiger partial charge is 0.325 e. The molecule has 1 aliphatic heterocycles. The Bertz CT molecular complexity index is 886. The maximum absolute atomic E-state index is 11.9. The zero-order chi connectivity index (χ0) is 19.1. The first kappa shape index (κ1) is 19.7. The van der Waals surface area contributed by atoms with Gasteiger partial charge in [-0.3, -0.25) is 10.1 Å². The molecule has 0 unspecified atom stereocenters. The van der Waals surface area contributed by atoms with Crippen LogP contribution in [0.4, 0.5) is 10.7 Å². The lowest BCUT2D eigenvalue weighted by Gasteiger charge is -2.27. The highest BCUT2D eigenvalue weighted by Crippen LogP contribution is 2.40. The molecule has 0 bridgehead atoms. The van der Waals surface area contributed by atoms with Crippen LogP contribution in [0.3, 0.4) is 0 Å². The van der Waals surface area contributed by atoms with Crippen LogP contribution in [0, 0.1) is 0 Å². The highest BCUT2D eigenvalue weighted by molar-refractivity contribution is 9.11. The van der Waals surface area contributed by atoms with Crippen LogP contribution in [0.5, 0.6) is 0 Å². The number of nitrogens with zero attached hydrogens (tertiary/aromatic N) is 3. The SMILES string of the molecule is CC1(C)C(=O)NC(=O)N1CCNc1ncc(Br)c(-c2sc(Br)cc2Br)n1. The summed E-state index contributed by atoms with van der Waals surface area (Å²) in [5, 5.41) is 5.44. The summed E-state index contributed by atoms with van der Waals surface area (Å²) in [5.74, 6) is 0.154. The van der Waals surface area contributed by atoms with E-state index in [1.807, 2.05) is 6.07 Å². The number of amides is 3. The predicted octanol–water partition coefficient (Wildman–Crippen LogP) is 4.23. The van der Waals surface area contributed by atoms with Gasteiger partial charge in [-0.05, 0) is 67.7 Å². The molecule has 0 aromatic carbocycles. The van der Waals surface area contributed by atoms with Crippen molar-refractivity contribution < 1.29 is 9.59 Å². The first-order chi connectivity index (χ1) is 12.2. The van der Waals surface area contributed by atoms with Gasteiger partial charge in [0.05, 0.1) is 13.1 Å². The minimum atomic E-state index is -0.862. The molecule has 138 valence electrons. The number of urea groups is 1. The second-order valence-corrected chi connectivity index (χ2v) is 10.2. The second-order valence-electron chi connectivity index (χ2n) is 6.01. The number of aromatic nitrogens is 2. The number of anilines is 1. The van der Waals surface area contributed by atoms with E-state index in [0.29, 0.717) is 19.0 Å². The lowest BCUT2D eigenvalue weighted by atomic mass is 10.0. The van der Waals surface area contributed by atoms with Gasteiger partial charge in [0.15, 0.2) is 0 Å². The molecule has 2 N–H and O–H groups in total. The zero-order valence-electron chi connectivity index (χ0n) is 13.8. The Morgan fingerprint density at radius 1 is 1.27 bits per heavy atom. The first-order valence-electron chi connectivity index (χ1n) is 7.55. The van der Waals surface area contributed by atoms with Crippen LogP contribution in [0.15, 0.2) is 25.0 Å². The van der Waals surface area contributed by atoms with E-state index in [-0.39, 0.29) is 11.9 Å². The monoisotopic (exact) mass is 565 g/mol. The van der Waals surface area contributed by atoms with Crippen molar-refractivity contribution in [3.8, 4) is 10.6 Å². The standard InChI is InChI=1S/C15H14Br3N5O2S/c1-15(2)12(24)22-14(25)23(15)4-3-19-13-20-6-8(17)10(21-13)11-7(16)5-9(18)26-11/h5-6H,3-4H2,1-2H3,(H,19,20,21)(H,22,24,25). The molecular formula is C15H14Br3N5O2S. The summed E-state index contributed by atoms with van der Waals surface area (Å²) in [7, 11) is 0. The molecule has 11 heteroatoms. The molecule has 1 aliphatic rings. The van der Waals surface area contributed by atoms with Crippen molar-refractivity contribution >= 4 is 77.0 Å². The number of rotatable bonds is 5. The minimum absolute atomic E-state index is 0.294. The van der Waals surface area contributed by atoms with Crippen LogP contribution in [-0.4, -0.2) is 45.4 Å². The molecule has 0 spiro atoms. The van der Waals surface area contributed by atoms with Crippen molar-refractivity contribution in [2.24, 2.45) is 0 Å². The van der Waals surface area contributed by atoms with Crippen molar-refractivity contribution in [1.29, 1.82) is 0 Å². The fraction of sp³-hybridized carbons (Fsp3) is 0.333. The largest absolute Gasteiger partial charge is 0.352 e. The first-order valence-corrected chi connectivity index (χ1v) is 10.7. The van der Waals surface area contributed by atoms with E-state index in [2.05, 4.69) is 68.4 Å². The number of carbonyl (C=O) groups excluding carboxylic acids is 2. The van der Waals surface area contributed by atoms with Gasteiger partial charge in [-0.1, -0.05) is 0 Å². The van der Waals surface area contributed by atoms with Crippen LogP contribution in [0.2, 0.25) is 0 Å². The lowest BCUT2D eigenvalue weighted by molar-refractivity contribution is -0.125. The molecule has 1 saturated heterocycles. The second kappa shape index (κ2) is 7.53. The van der Waals surface area contributed by atoms with Gasteiger partial charge in [0, 0.05) is 23.8 Å². The van der Waals surface area contributed by atoms with E-state index in [4.69, 9.17) is 0 Å². The highest BCUT2D eigenvalue weighted by Gasteiger charge is 2.44. The lowest BCUT2D eigenvalue weighted by Crippen LogP contribution is -2.46. The molecule has 0 aliphatic carbocycles. The molecule has 3 amide bonds. The van der Waals surface area contributed by atoms with Crippen molar-refractivity contribution in [3.05, 3.63) is 25.0 Å². The third-order valence-electron chi connectivity index (χ3n) is 3.93. The highest BCUT2D eigenvalue weighted by atomic mass is 79.9. The molecule has 3 rings (SSSR count). The summed E-state index contributed by atoms with van der Waals surface area (Å²) in [6.07, 6.45) is 1.68. The van der Waals surface area contributed by atoms with Crippen LogP contribution in [0.1, 0.15) is 13.8 Å². The number of thiophene rings is 1. The topological polar surface area (TPSA) is 87.2 Å². The summed E-state index contributed by atoms with van der Waals surface area (Å²) < 4.78 is 2.71. The number of hydrogen-bond acceptors (Lipinski definition) is 6. The van der Waals surface area contributed by atoms with Gasteiger partial charge in [-0.2, -0.15) is 0 Å². The van der Waals surface area contributed by atoms with E-state index in [9.17, 15) is 9.59 Å². The number of imide groups is 1. The van der Waals surface area contributed by atoms with Gasteiger partial charge in [-0.15, -0.1) is 11.3 Å². The average Bonchev–Trinajstić information content (AvgIpc) is 2.99. The summed E-state index contributed by atoms with van der Waals surface area (Å²) >= 11 is 12.0. The maximum atomic E-state index is 11.9. The van der Waals surface area contributed by atoms with E-state index in [1.54, 1.807) is 31.4 Å². The molecule has 0 atom stereocenters. The number of carbonyl (C=O) groups is 2. The predicted molar refractivity (Wildman–Crippen MR) is 111 cm³/mol. The third kappa shape index (κ3) is 3.80. The Morgan fingerprint density at radius 2 is 2.00 bits per heavy atom. The van der Waals surface area contributed by atoms with Crippen LogP contribution in [-0.2, 0) is 4.79 Å². The third-order valence-corrected chi connectivity index (χ3v) is 7.04. The molecule has 26 heavy (non-hydrogen) atoms. The molecule has 2 aromatic rings. The average molecular weight is 568 g/mol. The number of hydrogen-bond donors (Lipinski definition) is 2. The molecule has 0 radical (unpaired) electrons. The summed E-state index contributed by atoms with van der Waals surface area (Å²) in [5.41, 5.74) is -0.0991. The summed E-state index contributed by atoms with van der Waals surface area (Å²) in [6.45, 7) is 4.20. The van der Waals surface area contributed by atoms with Crippen molar-refractivity contribution in [2.75, 3.05) is 18.4 Å². The summed E-state index contributed by atoms with van der Waals surface area (Å²) in [4.78, 5) is 35.0. The fourth-order valence-electron chi connectivity index (χ4n) is 2.47. The fourth-order valence-corrected chi connectivity index (χ4v) is 5.60. The van der Waals surface area contributed by atoms with E-state index in [0.717, 1.165) is 23.3 Å². The summed E-state index contributed by atoms with van der Waals surface area (Å²) in [6, 6.07) is 1.58. The molecular weight excluding hydrogens is 554 g/mol. The van der Waals surface area contributed by atoms with Gasteiger partial charge in [0.2, 0.25) is 5.95 Å².